The van der Waals surface area contributed by atoms with Crippen molar-refractivity contribution in [2.75, 3.05) is 0 Å². The van der Waals surface area contributed by atoms with Crippen molar-refractivity contribution >= 4 is 5.97 Å². The molecule has 0 spiro atoms. The molecule has 1 heterocycles. The molecule has 2 aromatic rings. The van der Waals surface area contributed by atoms with Gasteiger partial charge in [-0.15, -0.1) is 0 Å². The molecule has 1 aromatic heterocycles. The van der Waals surface area contributed by atoms with Crippen LogP contribution in [0.2, 0.25) is 0 Å². The molecule has 4 nitrogen and oxygen atoms in total. The highest BCUT2D eigenvalue weighted by atomic mass is 16.4. The van der Waals surface area contributed by atoms with Gasteiger partial charge in [0.05, 0.1) is 6.42 Å². The average molecular weight is 256 g/mol. The zero-order chi connectivity index (χ0) is 14.0. The lowest BCUT2D eigenvalue weighted by atomic mass is 10.1. The molecule has 0 aliphatic heterocycles. The summed E-state index contributed by atoms with van der Waals surface area (Å²) in [6.45, 7) is 5.67. The second kappa shape index (κ2) is 5.18. The summed E-state index contributed by atoms with van der Waals surface area (Å²) in [5.41, 5.74) is 4.25. The summed E-state index contributed by atoms with van der Waals surface area (Å²) >= 11 is 0. The molecule has 0 saturated carbocycles. The van der Waals surface area contributed by atoms with Crippen LogP contribution in [-0.2, 0) is 11.2 Å². The van der Waals surface area contributed by atoms with E-state index in [1.165, 1.54) is 0 Å². The van der Waals surface area contributed by atoms with Gasteiger partial charge in [-0.3, -0.25) is 4.79 Å². The first-order valence-electron chi connectivity index (χ1n) is 6.10. The second-order valence-corrected chi connectivity index (χ2v) is 4.64. The van der Waals surface area contributed by atoms with E-state index >= 15 is 0 Å². The highest BCUT2D eigenvalue weighted by molar-refractivity contribution is 5.71. The summed E-state index contributed by atoms with van der Waals surface area (Å²) < 4.78 is 0. The Morgan fingerprint density at radius 1 is 1.16 bits per heavy atom. The van der Waals surface area contributed by atoms with Crippen LogP contribution in [0.5, 0.6) is 0 Å². The molecule has 0 atom stereocenters. The highest BCUT2D eigenvalue weighted by Gasteiger charge is 2.12. The van der Waals surface area contributed by atoms with Crippen molar-refractivity contribution in [3.63, 3.8) is 0 Å². The van der Waals surface area contributed by atoms with Gasteiger partial charge in [-0.25, -0.2) is 9.97 Å². The summed E-state index contributed by atoms with van der Waals surface area (Å²) in [4.78, 5) is 19.7. The summed E-state index contributed by atoms with van der Waals surface area (Å²) in [6, 6.07) is 7.95. The number of carbonyl (C=O) groups is 1. The van der Waals surface area contributed by atoms with Crippen molar-refractivity contribution < 1.29 is 9.90 Å². The van der Waals surface area contributed by atoms with Gasteiger partial charge in [0.25, 0.3) is 0 Å². The van der Waals surface area contributed by atoms with E-state index in [1.807, 2.05) is 45.0 Å². The molecule has 1 N–H and O–H groups in total. The zero-order valence-electron chi connectivity index (χ0n) is 11.3. The van der Waals surface area contributed by atoms with Crippen molar-refractivity contribution in [3.8, 4) is 11.4 Å². The predicted molar refractivity (Wildman–Crippen MR) is 73.0 cm³/mol. The zero-order valence-corrected chi connectivity index (χ0v) is 11.3. The van der Waals surface area contributed by atoms with E-state index in [-0.39, 0.29) is 6.42 Å². The molecule has 0 aliphatic carbocycles. The molecule has 0 amide bonds. The van der Waals surface area contributed by atoms with Crippen LogP contribution in [0, 0.1) is 20.8 Å². The molecule has 19 heavy (non-hydrogen) atoms. The Balaban J connectivity index is 2.48. The topological polar surface area (TPSA) is 63.1 Å². The Bertz CT molecular complexity index is 613. The van der Waals surface area contributed by atoms with Crippen LogP contribution in [-0.4, -0.2) is 21.0 Å². The predicted octanol–water partition coefficient (Wildman–Crippen LogP) is 2.70. The van der Waals surface area contributed by atoms with Crippen molar-refractivity contribution in [3.05, 3.63) is 46.8 Å². The molecule has 4 heteroatoms. The molecule has 2 rings (SSSR count). The van der Waals surface area contributed by atoms with Gasteiger partial charge in [0.15, 0.2) is 5.82 Å². The number of hydrogen-bond acceptors (Lipinski definition) is 3. The first-order chi connectivity index (χ1) is 8.97. The number of aromatic nitrogens is 2. The third kappa shape index (κ3) is 2.96. The number of hydrogen-bond donors (Lipinski definition) is 1. The monoisotopic (exact) mass is 256 g/mol. The van der Waals surface area contributed by atoms with E-state index in [4.69, 9.17) is 5.11 Å². The Labute approximate surface area is 112 Å². The first kappa shape index (κ1) is 13.2. The largest absolute Gasteiger partial charge is 0.481 e. The fourth-order valence-corrected chi connectivity index (χ4v) is 2.06. The standard InChI is InChI=1S/C15H16N2O2/c1-9-5-4-6-12(7-9)15-16-10(2)13(8-14(18)19)11(3)17-15/h4-7H,8H2,1-3H3,(H,18,19). The first-order valence-corrected chi connectivity index (χ1v) is 6.10. The molecular weight excluding hydrogens is 240 g/mol. The maximum atomic E-state index is 10.8. The van der Waals surface area contributed by atoms with Crippen LogP contribution in [0.3, 0.4) is 0 Å². The van der Waals surface area contributed by atoms with Gasteiger partial charge in [0.1, 0.15) is 0 Å². The van der Waals surface area contributed by atoms with Gasteiger partial charge in [0, 0.05) is 22.5 Å². The fraction of sp³-hybridized carbons (Fsp3) is 0.267. The van der Waals surface area contributed by atoms with Crippen LogP contribution < -0.4 is 0 Å². The van der Waals surface area contributed by atoms with Gasteiger partial charge < -0.3 is 5.11 Å². The summed E-state index contributed by atoms with van der Waals surface area (Å²) in [5, 5.41) is 8.88. The highest BCUT2D eigenvalue weighted by Crippen LogP contribution is 2.20. The number of aliphatic carboxylic acids is 1. The number of benzene rings is 1. The normalized spacial score (nSPS) is 10.5. The lowest BCUT2D eigenvalue weighted by Crippen LogP contribution is -2.08. The van der Waals surface area contributed by atoms with Gasteiger partial charge >= 0.3 is 5.97 Å². The Morgan fingerprint density at radius 3 is 2.32 bits per heavy atom. The number of aryl methyl sites for hydroxylation is 3. The van der Waals surface area contributed by atoms with Crippen molar-refractivity contribution in [1.82, 2.24) is 9.97 Å². The fourth-order valence-electron chi connectivity index (χ4n) is 2.06. The minimum Gasteiger partial charge on any atom is -0.481 e. The molecule has 98 valence electrons. The van der Waals surface area contributed by atoms with Crippen molar-refractivity contribution in [1.29, 1.82) is 0 Å². The SMILES string of the molecule is Cc1cccc(-c2nc(C)c(CC(=O)O)c(C)n2)c1. The van der Waals surface area contributed by atoms with Crippen LogP contribution in [0.1, 0.15) is 22.5 Å². The molecule has 0 aliphatic rings. The average Bonchev–Trinajstić information content (AvgIpc) is 2.33. The smallest absolute Gasteiger partial charge is 0.307 e. The second-order valence-electron chi connectivity index (χ2n) is 4.64. The Hall–Kier alpha value is -2.23. The van der Waals surface area contributed by atoms with Gasteiger partial charge in [0.2, 0.25) is 0 Å². The van der Waals surface area contributed by atoms with E-state index < -0.39 is 5.97 Å². The number of carboxylic acid groups (broad SMARTS) is 1. The van der Waals surface area contributed by atoms with E-state index in [9.17, 15) is 4.79 Å². The minimum atomic E-state index is -0.863. The third-order valence-corrected chi connectivity index (χ3v) is 3.02. The molecule has 0 fully saturated rings. The quantitative estimate of drug-likeness (QED) is 0.917. The van der Waals surface area contributed by atoms with Gasteiger partial charge in [-0.1, -0.05) is 23.8 Å². The summed E-state index contributed by atoms with van der Waals surface area (Å²) in [5.74, 6) is -0.217. The summed E-state index contributed by atoms with van der Waals surface area (Å²) in [6.07, 6.45) is -0.0359. The lowest BCUT2D eigenvalue weighted by molar-refractivity contribution is -0.136. The molecule has 0 radical (unpaired) electrons. The van der Waals surface area contributed by atoms with Crippen molar-refractivity contribution in [2.45, 2.75) is 27.2 Å². The van der Waals surface area contributed by atoms with Crippen LogP contribution in [0.15, 0.2) is 24.3 Å². The third-order valence-electron chi connectivity index (χ3n) is 3.02. The van der Waals surface area contributed by atoms with E-state index in [0.29, 0.717) is 11.4 Å². The molecule has 0 bridgehead atoms. The maximum absolute atomic E-state index is 10.8. The summed E-state index contributed by atoms with van der Waals surface area (Å²) in [7, 11) is 0. The molecular formula is C15H16N2O2. The van der Waals surface area contributed by atoms with Crippen LogP contribution in [0.4, 0.5) is 0 Å². The lowest BCUT2D eigenvalue weighted by Gasteiger charge is -2.09. The number of rotatable bonds is 3. The van der Waals surface area contributed by atoms with Crippen LogP contribution in [0.25, 0.3) is 11.4 Å². The molecule has 0 saturated heterocycles. The maximum Gasteiger partial charge on any atom is 0.307 e. The van der Waals surface area contributed by atoms with Gasteiger partial charge in [-0.2, -0.15) is 0 Å². The molecule has 1 aromatic carbocycles. The van der Waals surface area contributed by atoms with Crippen LogP contribution >= 0.6 is 0 Å². The van der Waals surface area contributed by atoms with E-state index in [2.05, 4.69) is 9.97 Å². The van der Waals surface area contributed by atoms with E-state index in [1.54, 1.807) is 0 Å². The number of carboxylic acids is 1. The van der Waals surface area contributed by atoms with Crippen molar-refractivity contribution in [2.24, 2.45) is 0 Å². The number of nitrogens with zero attached hydrogens (tertiary/aromatic N) is 2. The Morgan fingerprint density at radius 2 is 1.79 bits per heavy atom. The minimum absolute atomic E-state index is 0.0359. The van der Waals surface area contributed by atoms with E-state index in [0.717, 1.165) is 22.5 Å². The molecule has 0 unspecified atom stereocenters. The Kier molecular flexibility index (Phi) is 3.60. The van der Waals surface area contributed by atoms with Gasteiger partial charge in [-0.05, 0) is 26.8 Å².